The highest BCUT2D eigenvalue weighted by atomic mass is 19.3. The predicted molar refractivity (Wildman–Crippen MR) is 86.1 cm³/mol. The van der Waals surface area contributed by atoms with Crippen molar-refractivity contribution in [3.8, 4) is 0 Å². The summed E-state index contributed by atoms with van der Waals surface area (Å²) in [7, 11) is 1.69. The molecule has 1 aliphatic heterocycles. The fourth-order valence-corrected chi connectivity index (χ4v) is 3.64. The summed E-state index contributed by atoms with van der Waals surface area (Å²) in [5.74, 6) is -2.65. The summed E-state index contributed by atoms with van der Waals surface area (Å²) in [6.07, 6.45) is 2.64. The van der Waals surface area contributed by atoms with Crippen LogP contribution in [0.4, 0.5) is 8.78 Å². The molecule has 1 aliphatic rings. The molecule has 1 fully saturated rings. The van der Waals surface area contributed by atoms with Gasteiger partial charge in [-0.3, -0.25) is 0 Å². The molecule has 1 saturated heterocycles. The van der Waals surface area contributed by atoms with Gasteiger partial charge in [-0.2, -0.15) is 0 Å². The van der Waals surface area contributed by atoms with E-state index < -0.39 is 18.1 Å². The number of nitrogens with one attached hydrogen (secondary N) is 1. The summed E-state index contributed by atoms with van der Waals surface area (Å²) in [5.41, 5.74) is 1.75. The van der Waals surface area contributed by atoms with Gasteiger partial charge in [0.05, 0.1) is 18.3 Å². The standard InChI is InChI=1S/C16H19F2N5O/c1-9(24)15-21-11-7-20-14-10(3-5-19-14)13(11)23(15)12-4-6-22(2)8-16(12,17)18/h3,5,7,9,12,24H,4,6,8H2,1-2H3,(H,19,20)/t9-,12+/m1/s1. The molecule has 6 nitrogen and oxygen atoms in total. The molecule has 3 aromatic heterocycles. The van der Waals surface area contributed by atoms with E-state index in [9.17, 15) is 13.9 Å². The normalized spacial score (nSPS) is 23.1. The number of halogens is 2. The van der Waals surface area contributed by atoms with Crippen molar-refractivity contribution in [1.29, 1.82) is 0 Å². The van der Waals surface area contributed by atoms with Crippen LogP contribution in [-0.2, 0) is 0 Å². The van der Waals surface area contributed by atoms with E-state index in [4.69, 9.17) is 0 Å². The minimum atomic E-state index is -2.91. The van der Waals surface area contributed by atoms with Crippen LogP contribution < -0.4 is 0 Å². The number of nitrogens with zero attached hydrogens (tertiary/aromatic N) is 4. The van der Waals surface area contributed by atoms with Crippen molar-refractivity contribution in [3.05, 3.63) is 24.3 Å². The largest absolute Gasteiger partial charge is 0.385 e. The number of piperidine rings is 1. The van der Waals surface area contributed by atoms with Crippen molar-refractivity contribution in [3.63, 3.8) is 0 Å². The summed E-state index contributed by atoms with van der Waals surface area (Å²) in [6.45, 7) is 1.81. The minimum absolute atomic E-state index is 0.259. The minimum Gasteiger partial charge on any atom is -0.385 e. The highest BCUT2D eigenvalue weighted by Crippen LogP contribution is 2.41. The molecule has 0 bridgehead atoms. The van der Waals surface area contributed by atoms with Crippen molar-refractivity contribution in [2.24, 2.45) is 0 Å². The van der Waals surface area contributed by atoms with Gasteiger partial charge in [-0.15, -0.1) is 0 Å². The number of H-pyrrole nitrogens is 1. The molecular formula is C16H19F2N5O. The van der Waals surface area contributed by atoms with Crippen molar-refractivity contribution in [1.82, 2.24) is 24.4 Å². The maximum Gasteiger partial charge on any atom is 0.280 e. The van der Waals surface area contributed by atoms with E-state index in [2.05, 4.69) is 15.0 Å². The van der Waals surface area contributed by atoms with Crippen LogP contribution in [0.1, 0.15) is 31.3 Å². The molecule has 3 aromatic rings. The molecule has 8 heteroatoms. The number of hydrogen-bond donors (Lipinski definition) is 2. The van der Waals surface area contributed by atoms with Crippen LogP contribution in [0.25, 0.3) is 22.1 Å². The van der Waals surface area contributed by atoms with Gasteiger partial charge < -0.3 is 19.6 Å². The SMILES string of the molecule is C[C@@H](O)c1nc2cnc3[nH]ccc3c2n1[C@H]1CCN(C)CC1(F)F. The second-order valence-electron chi connectivity index (χ2n) is 6.55. The van der Waals surface area contributed by atoms with E-state index in [0.717, 1.165) is 5.39 Å². The fourth-order valence-electron chi connectivity index (χ4n) is 3.64. The zero-order valence-electron chi connectivity index (χ0n) is 13.5. The zero-order valence-corrected chi connectivity index (χ0v) is 13.5. The summed E-state index contributed by atoms with van der Waals surface area (Å²) in [4.78, 5) is 13.3. The predicted octanol–water partition coefficient (Wildman–Crippen LogP) is 2.48. The molecule has 0 saturated carbocycles. The fraction of sp³-hybridized carbons (Fsp3) is 0.500. The van der Waals surface area contributed by atoms with Gasteiger partial charge in [0.2, 0.25) is 0 Å². The Labute approximate surface area is 137 Å². The van der Waals surface area contributed by atoms with E-state index in [1.165, 1.54) is 4.57 Å². The Balaban J connectivity index is 2.01. The summed E-state index contributed by atoms with van der Waals surface area (Å²) < 4.78 is 31.1. The molecule has 0 spiro atoms. The lowest BCUT2D eigenvalue weighted by Crippen LogP contribution is -2.48. The first-order valence-electron chi connectivity index (χ1n) is 7.97. The van der Waals surface area contributed by atoms with E-state index in [1.807, 2.05) is 6.07 Å². The molecule has 0 aromatic carbocycles. The molecule has 0 aliphatic carbocycles. The average molecular weight is 335 g/mol. The first-order chi connectivity index (χ1) is 11.4. The molecule has 24 heavy (non-hydrogen) atoms. The Bertz CT molecular complexity index is 901. The topological polar surface area (TPSA) is 70.0 Å². The third-order valence-electron chi connectivity index (χ3n) is 4.70. The number of alkyl halides is 2. The van der Waals surface area contributed by atoms with Crippen molar-refractivity contribution >= 4 is 22.1 Å². The average Bonchev–Trinajstić information content (AvgIpc) is 3.09. The molecule has 4 heterocycles. The summed E-state index contributed by atoms with van der Waals surface area (Å²) in [5, 5.41) is 10.9. The zero-order chi connectivity index (χ0) is 17.1. The van der Waals surface area contributed by atoms with Gasteiger partial charge in [-0.05, 0) is 26.5 Å². The van der Waals surface area contributed by atoms with Gasteiger partial charge in [-0.1, -0.05) is 0 Å². The monoisotopic (exact) mass is 335 g/mol. The number of pyridine rings is 1. The Hall–Kier alpha value is -2.06. The van der Waals surface area contributed by atoms with Gasteiger partial charge in [0.15, 0.2) is 0 Å². The van der Waals surface area contributed by atoms with Gasteiger partial charge in [-0.25, -0.2) is 18.7 Å². The molecule has 2 atom stereocenters. The third kappa shape index (κ3) is 2.21. The van der Waals surface area contributed by atoms with Gasteiger partial charge in [0, 0.05) is 18.1 Å². The summed E-state index contributed by atoms with van der Waals surface area (Å²) in [6, 6.07) is 0.769. The van der Waals surface area contributed by atoms with Crippen molar-refractivity contribution in [2.45, 2.75) is 31.4 Å². The lowest BCUT2D eigenvalue weighted by atomic mass is 10.00. The van der Waals surface area contributed by atoms with E-state index >= 15 is 0 Å². The molecule has 0 unspecified atom stereocenters. The lowest BCUT2D eigenvalue weighted by molar-refractivity contribution is -0.0984. The number of aromatic nitrogens is 4. The Morgan fingerprint density at radius 2 is 2.25 bits per heavy atom. The molecule has 0 radical (unpaired) electrons. The van der Waals surface area contributed by atoms with Gasteiger partial charge in [0.1, 0.15) is 29.1 Å². The molecule has 2 N–H and O–H groups in total. The molecule has 4 rings (SSSR count). The van der Waals surface area contributed by atoms with E-state index in [1.54, 1.807) is 31.3 Å². The lowest BCUT2D eigenvalue weighted by Gasteiger charge is -2.38. The third-order valence-corrected chi connectivity index (χ3v) is 4.70. The van der Waals surface area contributed by atoms with Crippen LogP contribution in [0.2, 0.25) is 0 Å². The van der Waals surface area contributed by atoms with Crippen molar-refractivity contribution < 1.29 is 13.9 Å². The maximum atomic E-state index is 14.8. The first kappa shape index (κ1) is 15.5. The number of aliphatic hydroxyl groups excluding tert-OH is 1. The number of hydrogen-bond acceptors (Lipinski definition) is 4. The first-order valence-corrected chi connectivity index (χ1v) is 7.97. The molecule has 0 amide bonds. The van der Waals surface area contributed by atoms with Crippen LogP contribution in [0.3, 0.4) is 0 Å². The number of fused-ring (bicyclic) bond motifs is 3. The van der Waals surface area contributed by atoms with Gasteiger partial charge in [0.25, 0.3) is 5.92 Å². The summed E-state index contributed by atoms with van der Waals surface area (Å²) >= 11 is 0. The van der Waals surface area contributed by atoms with Gasteiger partial charge >= 0.3 is 0 Å². The second kappa shape index (κ2) is 5.22. The Morgan fingerprint density at radius 3 is 2.96 bits per heavy atom. The molecule has 128 valence electrons. The van der Waals surface area contributed by atoms with Crippen LogP contribution in [-0.4, -0.2) is 55.6 Å². The number of aliphatic hydroxyl groups is 1. The van der Waals surface area contributed by atoms with Crippen LogP contribution in [0.15, 0.2) is 18.5 Å². The highest BCUT2D eigenvalue weighted by Gasteiger charge is 2.46. The van der Waals surface area contributed by atoms with E-state index in [-0.39, 0.29) is 12.4 Å². The number of imidazole rings is 1. The quantitative estimate of drug-likeness (QED) is 0.755. The Kier molecular flexibility index (Phi) is 3.36. The molecular weight excluding hydrogens is 316 g/mol. The smallest absolute Gasteiger partial charge is 0.280 e. The number of rotatable bonds is 2. The Morgan fingerprint density at radius 1 is 1.46 bits per heavy atom. The van der Waals surface area contributed by atoms with Crippen LogP contribution in [0, 0.1) is 0 Å². The highest BCUT2D eigenvalue weighted by molar-refractivity contribution is 6.01. The van der Waals surface area contributed by atoms with Crippen LogP contribution >= 0.6 is 0 Å². The maximum absolute atomic E-state index is 14.8. The number of aromatic amines is 1. The van der Waals surface area contributed by atoms with Crippen molar-refractivity contribution in [2.75, 3.05) is 20.1 Å². The van der Waals surface area contributed by atoms with E-state index in [0.29, 0.717) is 29.6 Å². The second-order valence-corrected chi connectivity index (χ2v) is 6.55. The van der Waals surface area contributed by atoms with Crippen LogP contribution in [0.5, 0.6) is 0 Å². The number of likely N-dealkylation sites (tertiary alicyclic amines) is 1.